The Balaban J connectivity index is 2.00. The molecule has 0 aromatic heterocycles. The standard InChI is InChI=1S/C16H23N3O6S/c1-12(20)18-6-8-19(9-7-18)16(21)11-17-26(22,23)15-5-4-13(24-2)10-14(15)25-3/h4-5,10,17H,6-9,11H2,1-3H3. The maximum absolute atomic E-state index is 12.5. The lowest BCUT2D eigenvalue weighted by Crippen LogP contribution is -2.52. The van der Waals surface area contributed by atoms with E-state index in [1.54, 1.807) is 4.90 Å². The number of hydrogen-bond donors (Lipinski definition) is 1. The number of hydrogen-bond acceptors (Lipinski definition) is 6. The van der Waals surface area contributed by atoms with Crippen LogP contribution < -0.4 is 14.2 Å². The van der Waals surface area contributed by atoms with Gasteiger partial charge < -0.3 is 19.3 Å². The van der Waals surface area contributed by atoms with Crippen LogP contribution in [0, 0.1) is 0 Å². The number of piperazine rings is 1. The SMILES string of the molecule is COc1ccc(S(=O)(=O)NCC(=O)N2CCN(C(C)=O)CC2)c(OC)c1. The first-order valence-corrected chi connectivity index (χ1v) is 9.52. The van der Waals surface area contributed by atoms with Gasteiger partial charge in [-0.15, -0.1) is 0 Å². The zero-order valence-corrected chi connectivity index (χ0v) is 15.8. The van der Waals surface area contributed by atoms with E-state index in [0.29, 0.717) is 31.9 Å². The van der Waals surface area contributed by atoms with Crippen molar-refractivity contribution in [1.29, 1.82) is 0 Å². The number of benzene rings is 1. The van der Waals surface area contributed by atoms with E-state index >= 15 is 0 Å². The zero-order valence-electron chi connectivity index (χ0n) is 15.0. The highest BCUT2D eigenvalue weighted by atomic mass is 32.2. The molecule has 1 saturated heterocycles. The minimum absolute atomic E-state index is 0.0376. The third-order valence-corrected chi connectivity index (χ3v) is 5.59. The van der Waals surface area contributed by atoms with Crippen LogP contribution in [0.15, 0.2) is 23.1 Å². The molecule has 0 radical (unpaired) electrons. The minimum atomic E-state index is -3.93. The van der Waals surface area contributed by atoms with Crippen LogP contribution in [0.25, 0.3) is 0 Å². The van der Waals surface area contributed by atoms with E-state index < -0.39 is 10.0 Å². The third kappa shape index (κ3) is 4.64. The summed E-state index contributed by atoms with van der Waals surface area (Å²) in [5, 5.41) is 0. The minimum Gasteiger partial charge on any atom is -0.497 e. The van der Waals surface area contributed by atoms with Gasteiger partial charge >= 0.3 is 0 Å². The van der Waals surface area contributed by atoms with Gasteiger partial charge in [0.05, 0.1) is 20.8 Å². The first kappa shape index (κ1) is 20.0. The molecule has 2 amide bonds. The first-order valence-electron chi connectivity index (χ1n) is 8.03. The smallest absolute Gasteiger partial charge is 0.244 e. The van der Waals surface area contributed by atoms with Crippen molar-refractivity contribution in [1.82, 2.24) is 14.5 Å². The van der Waals surface area contributed by atoms with Gasteiger partial charge in [-0.2, -0.15) is 0 Å². The fourth-order valence-corrected chi connectivity index (χ4v) is 3.74. The van der Waals surface area contributed by atoms with Gasteiger partial charge in [0.2, 0.25) is 21.8 Å². The number of methoxy groups -OCH3 is 2. The second kappa shape index (κ2) is 8.37. The predicted molar refractivity (Wildman–Crippen MR) is 93.6 cm³/mol. The van der Waals surface area contributed by atoms with E-state index in [0.717, 1.165) is 0 Å². The molecule has 1 N–H and O–H groups in total. The molecule has 2 rings (SSSR count). The quantitative estimate of drug-likeness (QED) is 0.719. The van der Waals surface area contributed by atoms with Crippen molar-refractivity contribution < 1.29 is 27.5 Å². The van der Waals surface area contributed by atoms with Gasteiger partial charge in [-0.1, -0.05) is 0 Å². The predicted octanol–water partition coefficient (Wildman–Crippen LogP) is -0.327. The largest absolute Gasteiger partial charge is 0.497 e. The number of nitrogens with zero attached hydrogens (tertiary/aromatic N) is 2. The topological polar surface area (TPSA) is 105 Å². The van der Waals surface area contributed by atoms with E-state index in [9.17, 15) is 18.0 Å². The Kier molecular flexibility index (Phi) is 6.43. The maximum atomic E-state index is 12.5. The van der Waals surface area contributed by atoms with Crippen LogP contribution in [-0.4, -0.2) is 77.0 Å². The number of amides is 2. The molecule has 1 heterocycles. The van der Waals surface area contributed by atoms with Crippen molar-refractivity contribution >= 4 is 21.8 Å². The number of rotatable bonds is 6. The van der Waals surface area contributed by atoms with Crippen molar-refractivity contribution in [3.05, 3.63) is 18.2 Å². The lowest BCUT2D eigenvalue weighted by molar-refractivity contribution is -0.137. The Hall–Kier alpha value is -2.33. The molecule has 1 aromatic carbocycles. The monoisotopic (exact) mass is 385 g/mol. The normalized spacial score (nSPS) is 14.9. The van der Waals surface area contributed by atoms with E-state index in [1.807, 2.05) is 0 Å². The van der Waals surface area contributed by atoms with Crippen molar-refractivity contribution in [2.24, 2.45) is 0 Å². The molecule has 144 valence electrons. The van der Waals surface area contributed by atoms with Gasteiger partial charge in [0, 0.05) is 39.2 Å². The van der Waals surface area contributed by atoms with Crippen LogP contribution in [0.5, 0.6) is 11.5 Å². The number of ether oxygens (including phenoxy) is 2. The van der Waals surface area contributed by atoms with E-state index in [4.69, 9.17) is 9.47 Å². The van der Waals surface area contributed by atoms with Gasteiger partial charge in [-0.25, -0.2) is 13.1 Å². The van der Waals surface area contributed by atoms with E-state index in [-0.39, 0.29) is 29.0 Å². The Bertz CT molecular complexity index is 772. The Morgan fingerprint density at radius 2 is 1.69 bits per heavy atom. The summed E-state index contributed by atoms with van der Waals surface area (Å²) in [6.45, 7) is 2.77. The molecular formula is C16H23N3O6S. The summed E-state index contributed by atoms with van der Waals surface area (Å²) < 4.78 is 37.4. The molecule has 0 atom stereocenters. The van der Waals surface area contributed by atoms with Gasteiger partial charge in [-0.05, 0) is 12.1 Å². The Labute approximate surface area is 152 Å². The number of sulfonamides is 1. The van der Waals surface area contributed by atoms with Crippen LogP contribution >= 0.6 is 0 Å². The highest BCUT2D eigenvalue weighted by Gasteiger charge is 2.25. The molecule has 1 aliphatic heterocycles. The molecule has 0 saturated carbocycles. The summed E-state index contributed by atoms with van der Waals surface area (Å²) in [4.78, 5) is 26.7. The van der Waals surface area contributed by atoms with Gasteiger partial charge in [0.1, 0.15) is 16.4 Å². The van der Waals surface area contributed by atoms with E-state index in [2.05, 4.69) is 4.72 Å². The first-order chi connectivity index (χ1) is 12.3. The molecule has 10 heteroatoms. The molecule has 0 aliphatic carbocycles. The molecule has 0 unspecified atom stereocenters. The Morgan fingerprint density at radius 3 is 2.23 bits per heavy atom. The number of carbonyl (C=O) groups is 2. The molecule has 1 aromatic rings. The Morgan fingerprint density at radius 1 is 1.08 bits per heavy atom. The average Bonchev–Trinajstić information content (AvgIpc) is 2.65. The van der Waals surface area contributed by atoms with Crippen LogP contribution in [0.2, 0.25) is 0 Å². The van der Waals surface area contributed by atoms with Gasteiger partial charge in [-0.3, -0.25) is 9.59 Å². The van der Waals surface area contributed by atoms with Crippen molar-refractivity contribution in [2.75, 3.05) is 46.9 Å². The van der Waals surface area contributed by atoms with Crippen molar-refractivity contribution in [3.63, 3.8) is 0 Å². The maximum Gasteiger partial charge on any atom is 0.244 e. The third-order valence-electron chi connectivity index (χ3n) is 4.15. The van der Waals surface area contributed by atoms with Crippen LogP contribution in [0.4, 0.5) is 0 Å². The summed E-state index contributed by atoms with van der Waals surface area (Å²) >= 11 is 0. The molecule has 0 spiro atoms. The molecule has 1 fully saturated rings. The fourth-order valence-electron chi connectivity index (χ4n) is 2.61. The average molecular weight is 385 g/mol. The summed E-state index contributed by atoms with van der Waals surface area (Å²) in [7, 11) is -1.11. The zero-order chi connectivity index (χ0) is 19.3. The van der Waals surface area contributed by atoms with Crippen molar-refractivity contribution in [3.8, 4) is 11.5 Å². The van der Waals surface area contributed by atoms with Gasteiger partial charge in [0.25, 0.3) is 0 Å². The van der Waals surface area contributed by atoms with E-state index in [1.165, 1.54) is 44.2 Å². The van der Waals surface area contributed by atoms with Gasteiger partial charge in [0.15, 0.2) is 0 Å². The lowest BCUT2D eigenvalue weighted by Gasteiger charge is -2.34. The summed E-state index contributed by atoms with van der Waals surface area (Å²) in [5.41, 5.74) is 0. The summed E-state index contributed by atoms with van der Waals surface area (Å²) in [6, 6.07) is 4.31. The molecule has 9 nitrogen and oxygen atoms in total. The second-order valence-electron chi connectivity index (χ2n) is 5.73. The van der Waals surface area contributed by atoms with Crippen LogP contribution in [0.1, 0.15) is 6.92 Å². The second-order valence-corrected chi connectivity index (χ2v) is 7.46. The summed E-state index contributed by atoms with van der Waals surface area (Å²) in [6.07, 6.45) is 0. The highest BCUT2D eigenvalue weighted by Crippen LogP contribution is 2.28. The van der Waals surface area contributed by atoms with Crippen LogP contribution in [0.3, 0.4) is 0 Å². The van der Waals surface area contributed by atoms with Crippen LogP contribution in [-0.2, 0) is 19.6 Å². The summed E-state index contributed by atoms with van der Waals surface area (Å²) in [5.74, 6) is 0.202. The molecule has 1 aliphatic rings. The van der Waals surface area contributed by atoms with Crippen molar-refractivity contribution in [2.45, 2.75) is 11.8 Å². The number of carbonyl (C=O) groups excluding carboxylic acids is 2. The molecule has 26 heavy (non-hydrogen) atoms. The lowest BCUT2D eigenvalue weighted by atomic mass is 10.3. The molecule has 0 bridgehead atoms. The highest BCUT2D eigenvalue weighted by molar-refractivity contribution is 7.89. The number of nitrogens with one attached hydrogen (secondary N) is 1. The fraction of sp³-hybridized carbons (Fsp3) is 0.500. The molecular weight excluding hydrogens is 362 g/mol.